The van der Waals surface area contributed by atoms with Crippen molar-refractivity contribution in [2.45, 2.75) is 64.8 Å². The molecule has 1 aliphatic rings. The van der Waals surface area contributed by atoms with Crippen molar-refractivity contribution in [1.29, 1.82) is 0 Å². The van der Waals surface area contributed by atoms with Gasteiger partial charge in [0, 0.05) is 12.6 Å². The monoisotopic (exact) mass is 284 g/mol. The highest BCUT2D eigenvalue weighted by Gasteiger charge is 2.30. The SMILES string of the molecule is CCC(CC)CNC(=O)NC1CCCCCC1C(=O)O. The van der Waals surface area contributed by atoms with Crippen LogP contribution in [0.1, 0.15) is 58.8 Å². The molecule has 1 aliphatic carbocycles. The highest BCUT2D eigenvalue weighted by molar-refractivity contribution is 5.76. The number of aliphatic carboxylic acids is 1. The molecule has 2 unspecified atom stereocenters. The molecule has 1 saturated carbocycles. The van der Waals surface area contributed by atoms with E-state index in [-0.39, 0.29) is 12.1 Å². The first-order valence-electron chi connectivity index (χ1n) is 7.85. The molecule has 0 heterocycles. The first-order chi connectivity index (χ1) is 9.58. The lowest BCUT2D eigenvalue weighted by Crippen LogP contribution is -2.48. The van der Waals surface area contributed by atoms with Crippen molar-refractivity contribution in [3.05, 3.63) is 0 Å². The number of hydrogen-bond acceptors (Lipinski definition) is 2. The molecule has 2 atom stereocenters. The number of carbonyl (C=O) groups excluding carboxylic acids is 1. The molecule has 3 N–H and O–H groups in total. The lowest BCUT2D eigenvalue weighted by Gasteiger charge is -2.23. The summed E-state index contributed by atoms with van der Waals surface area (Å²) in [7, 11) is 0. The van der Waals surface area contributed by atoms with Gasteiger partial charge in [-0.2, -0.15) is 0 Å². The molecule has 0 aromatic heterocycles. The zero-order valence-electron chi connectivity index (χ0n) is 12.7. The van der Waals surface area contributed by atoms with Gasteiger partial charge in [0.1, 0.15) is 0 Å². The Morgan fingerprint density at radius 2 is 1.80 bits per heavy atom. The number of hydrogen-bond donors (Lipinski definition) is 3. The molecule has 0 radical (unpaired) electrons. The Morgan fingerprint density at radius 1 is 1.15 bits per heavy atom. The second-order valence-corrected chi connectivity index (χ2v) is 5.73. The number of nitrogens with one attached hydrogen (secondary N) is 2. The van der Waals surface area contributed by atoms with Crippen LogP contribution in [0.3, 0.4) is 0 Å². The van der Waals surface area contributed by atoms with E-state index in [1.54, 1.807) is 0 Å². The van der Waals surface area contributed by atoms with Gasteiger partial charge in [-0.1, -0.05) is 46.0 Å². The molecule has 0 aromatic rings. The summed E-state index contributed by atoms with van der Waals surface area (Å²) in [6, 6.07) is -0.466. The van der Waals surface area contributed by atoms with Crippen molar-refractivity contribution >= 4 is 12.0 Å². The summed E-state index contributed by atoms with van der Waals surface area (Å²) < 4.78 is 0. The van der Waals surface area contributed by atoms with Crippen LogP contribution < -0.4 is 10.6 Å². The highest BCUT2D eigenvalue weighted by Crippen LogP contribution is 2.23. The molecule has 0 bridgehead atoms. The van der Waals surface area contributed by atoms with Crippen LogP contribution in [-0.2, 0) is 4.79 Å². The van der Waals surface area contributed by atoms with Crippen LogP contribution in [0, 0.1) is 11.8 Å². The minimum absolute atomic E-state index is 0.227. The van der Waals surface area contributed by atoms with E-state index in [2.05, 4.69) is 24.5 Å². The lowest BCUT2D eigenvalue weighted by atomic mass is 9.95. The fourth-order valence-electron chi connectivity index (χ4n) is 2.81. The Balaban J connectivity index is 2.46. The number of carboxylic acid groups (broad SMARTS) is 1. The van der Waals surface area contributed by atoms with Gasteiger partial charge in [0.15, 0.2) is 0 Å². The highest BCUT2D eigenvalue weighted by atomic mass is 16.4. The van der Waals surface area contributed by atoms with Gasteiger partial charge in [-0.15, -0.1) is 0 Å². The van der Waals surface area contributed by atoms with E-state index in [4.69, 9.17) is 0 Å². The zero-order valence-corrected chi connectivity index (χ0v) is 12.7. The summed E-state index contributed by atoms with van der Waals surface area (Å²) >= 11 is 0. The molecular formula is C15H28N2O3. The van der Waals surface area contributed by atoms with Gasteiger partial charge in [-0.25, -0.2) is 4.79 Å². The maximum absolute atomic E-state index is 11.9. The molecule has 5 nitrogen and oxygen atoms in total. The quantitative estimate of drug-likeness (QED) is 0.656. The van der Waals surface area contributed by atoms with Gasteiger partial charge in [0.2, 0.25) is 0 Å². The van der Waals surface area contributed by atoms with E-state index in [9.17, 15) is 14.7 Å². The normalized spacial score (nSPS) is 23.1. The first-order valence-corrected chi connectivity index (χ1v) is 7.85. The molecule has 116 valence electrons. The maximum Gasteiger partial charge on any atom is 0.315 e. The molecule has 0 spiro atoms. The van der Waals surface area contributed by atoms with Crippen LogP contribution >= 0.6 is 0 Å². The number of urea groups is 1. The molecule has 5 heteroatoms. The Labute approximate surface area is 121 Å². The number of carbonyl (C=O) groups is 2. The minimum Gasteiger partial charge on any atom is -0.481 e. The molecule has 2 amide bonds. The van der Waals surface area contributed by atoms with Gasteiger partial charge >= 0.3 is 12.0 Å². The third kappa shape index (κ3) is 5.39. The van der Waals surface area contributed by atoms with E-state index < -0.39 is 11.9 Å². The van der Waals surface area contributed by atoms with Crippen LogP contribution in [0.15, 0.2) is 0 Å². The summed E-state index contributed by atoms with van der Waals surface area (Å²) in [6.45, 7) is 4.88. The van der Waals surface area contributed by atoms with E-state index in [1.165, 1.54) is 0 Å². The lowest BCUT2D eigenvalue weighted by molar-refractivity contribution is -0.142. The second kappa shape index (κ2) is 8.82. The minimum atomic E-state index is -0.794. The fraction of sp³-hybridized carbons (Fsp3) is 0.867. The topological polar surface area (TPSA) is 78.4 Å². The molecule has 1 rings (SSSR count). The van der Waals surface area contributed by atoms with E-state index in [0.29, 0.717) is 18.9 Å². The largest absolute Gasteiger partial charge is 0.481 e. The summed E-state index contributed by atoms with van der Waals surface area (Å²) in [6.07, 6.45) is 6.47. The van der Waals surface area contributed by atoms with E-state index >= 15 is 0 Å². The fourth-order valence-corrected chi connectivity index (χ4v) is 2.81. The average molecular weight is 284 g/mol. The smallest absolute Gasteiger partial charge is 0.315 e. The number of carboxylic acids is 1. The number of amides is 2. The predicted molar refractivity (Wildman–Crippen MR) is 78.6 cm³/mol. The molecule has 20 heavy (non-hydrogen) atoms. The Morgan fingerprint density at radius 3 is 2.40 bits per heavy atom. The zero-order chi connectivity index (χ0) is 15.0. The van der Waals surface area contributed by atoms with Gasteiger partial charge in [0.25, 0.3) is 0 Å². The van der Waals surface area contributed by atoms with Crippen molar-refractivity contribution in [3.63, 3.8) is 0 Å². The first kappa shape index (κ1) is 16.8. The molecular weight excluding hydrogens is 256 g/mol. The third-order valence-corrected chi connectivity index (χ3v) is 4.36. The third-order valence-electron chi connectivity index (χ3n) is 4.36. The Kier molecular flexibility index (Phi) is 7.41. The molecule has 0 aromatic carbocycles. The van der Waals surface area contributed by atoms with Crippen molar-refractivity contribution < 1.29 is 14.7 Å². The Bertz CT molecular complexity index is 316. The summed E-state index contributed by atoms with van der Waals surface area (Å²) in [5.41, 5.74) is 0. The predicted octanol–water partition coefficient (Wildman–Crippen LogP) is 2.76. The van der Waals surface area contributed by atoms with Crippen LogP contribution in [0.2, 0.25) is 0 Å². The van der Waals surface area contributed by atoms with E-state index in [0.717, 1.165) is 38.5 Å². The second-order valence-electron chi connectivity index (χ2n) is 5.73. The summed E-state index contributed by atoms with van der Waals surface area (Å²) in [5, 5.41) is 15.0. The maximum atomic E-state index is 11.9. The standard InChI is InChI=1S/C15H28N2O3/c1-3-11(4-2)10-16-15(20)17-13-9-7-5-6-8-12(13)14(18)19/h11-13H,3-10H2,1-2H3,(H,18,19)(H2,16,17,20). The number of rotatable bonds is 6. The van der Waals surface area contributed by atoms with Gasteiger partial charge in [-0.3, -0.25) is 4.79 Å². The van der Waals surface area contributed by atoms with Crippen LogP contribution in [-0.4, -0.2) is 29.7 Å². The van der Waals surface area contributed by atoms with Crippen molar-refractivity contribution in [3.8, 4) is 0 Å². The van der Waals surface area contributed by atoms with E-state index in [1.807, 2.05) is 0 Å². The molecule has 1 fully saturated rings. The van der Waals surface area contributed by atoms with Crippen molar-refractivity contribution in [2.24, 2.45) is 11.8 Å². The average Bonchev–Trinajstić information content (AvgIpc) is 2.65. The van der Waals surface area contributed by atoms with Gasteiger partial charge in [-0.05, 0) is 18.8 Å². The van der Waals surface area contributed by atoms with Crippen molar-refractivity contribution in [2.75, 3.05) is 6.54 Å². The summed E-state index contributed by atoms with van der Waals surface area (Å²) in [4.78, 5) is 23.2. The van der Waals surface area contributed by atoms with Crippen LogP contribution in [0.4, 0.5) is 4.79 Å². The van der Waals surface area contributed by atoms with Crippen LogP contribution in [0.25, 0.3) is 0 Å². The Hall–Kier alpha value is -1.26. The van der Waals surface area contributed by atoms with Gasteiger partial charge in [0.05, 0.1) is 5.92 Å². The molecule has 0 saturated heterocycles. The molecule has 0 aliphatic heterocycles. The van der Waals surface area contributed by atoms with Gasteiger partial charge < -0.3 is 15.7 Å². The summed E-state index contributed by atoms with van der Waals surface area (Å²) in [5.74, 6) is -0.751. The van der Waals surface area contributed by atoms with Crippen LogP contribution in [0.5, 0.6) is 0 Å². The van der Waals surface area contributed by atoms with Crippen molar-refractivity contribution in [1.82, 2.24) is 10.6 Å².